The maximum Gasteiger partial charge on any atom is 0.136 e. The van der Waals surface area contributed by atoms with Crippen molar-refractivity contribution < 1.29 is 14.2 Å². The van der Waals surface area contributed by atoms with Crippen LogP contribution in [0.25, 0.3) is 0 Å². The van der Waals surface area contributed by atoms with Gasteiger partial charge in [-0.1, -0.05) is 0 Å². The summed E-state index contributed by atoms with van der Waals surface area (Å²) in [6.07, 6.45) is 1.12. The third kappa shape index (κ3) is 4.45. The van der Waals surface area contributed by atoms with Gasteiger partial charge in [-0.3, -0.25) is 0 Å². The molecule has 3 nitrogen and oxygen atoms in total. The van der Waals surface area contributed by atoms with Crippen LogP contribution in [0, 0.1) is 0 Å². The molecule has 1 aliphatic heterocycles. The molecule has 0 radical (unpaired) electrons. The van der Waals surface area contributed by atoms with Crippen LogP contribution in [-0.4, -0.2) is 54.6 Å². The van der Waals surface area contributed by atoms with E-state index in [0.717, 1.165) is 13.1 Å². The second-order valence-electron chi connectivity index (χ2n) is 4.58. The molecule has 0 aromatic carbocycles. The summed E-state index contributed by atoms with van der Waals surface area (Å²) in [6.45, 7) is 6.30. The van der Waals surface area contributed by atoms with Gasteiger partial charge >= 0.3 is 0 Å². The van der Waals surface area contributed by atoms with Crippen LogP contribution in [0.15, 0.2) is 0 Å². The minimum atomic E-state index is -1.16. The molecule has 0 aromatic rings. The number of hydrogen-bond donors (Lipinski definition) is 1. The first-order chi connectivity index (χ1) is 7.06. The van der Waals surface area contributed by atoms with Crippen LogP contribution in [0.1, 0.15) is 26.7 Å². The number of β-amino-alcohol motifs (C(OH)–C–C–N with tert-alkyl or cyclic N) is 1. The number of rotatable bonds is 5. The standard InChI is InChI=1S/C11H22FNO2/c1-10(2)15-9-11(12)3-5-13(6-4-11)7-8-14/h10,14H,3-9H2,1-2H3. The second kappa shape index (κ2) is 5.77. The predicted molar refractivity (Wildman–Crippen MR) is 57.7 cm³/mol. The van der Waals surface area contributed by atoms with Gasteiger partial charge in [0.1, 0.15) is 5.67 Å². The fourth-order valence-electron chi connectivity index (χ4n) is 1.78. The van der Waals surface area contributed by atoms with Gasteiger partial charge in [-0.2, -0.15) is 0 Å². The molecule has 15 heavy (non-hydrogen) atoms. The third-order valence-corrected chi connectivity index (χ3v) is 2.84. The molecule has 0 aliphatic carbocycles. The molecule has 0 bridgehead atoms. The molecule has 4 heteroatoms. The number of aliphatic hydroxyl groups excluding tert-OH is 1. The summed E-state index contributed by atoms with van der Waals surface area (Å²) < 4.78 is 19.5. The number of piperidine rings is 1. The lowest BCUT2D eigenvalue weighted by Crippen LogP contribution is -2.45. The first-order valence-electron chi connectivity index (χ1n) is 5.69. The van der Waals surface area contributed by atoms with Crippen molar-refractivity contribution in [2.24, 2.45) is 0 Å². The van der Waals surface area contributed by atoms with Gasteiger partial charge in [0.2, 0.25) is 0 Å². The van der Waals surface area contributed by atoms with E-state index in [2.05, 4.69) is 4.90 Å². The van der Waals surface area contributed by atoms with Crippen molar-refractivity contribution in [2.75, 3.05) is 32.8 Å². The van der Waals surface area contributed by atoms with E-state index in [1.165, 1.54) is 0 Å². The van der Waals surface area contributed by atoms with Crippen molar-refractivity contribution in [3.8, 4) is 0 Å². The monoisotopic (exact) mass is 219 g/mol. The smallest absolute Gasteiger partial charge is 0.136 e. The SMILES string of the molecule is CC(C)OCC1(F)CCN(CCO)CC1. The normalized spacial score (nSPS) is 22.2. The van der Waals surface area contributed by atoms with Gasteiger partial charge in [0, 0.05) is 19.6 Å². The maximum absolute atomic E-state index is 14.1. The van der Waals surface area contributed by atoms with E-state index in [9.17, 15) is 4.39 Å². The van der Waals surface area contributed by atoms with Crippen LogP contribution in [0.5, 0.6) is 0 Å². The Hall–Kier alpha value is -0.190. The van der Waals surface area contributed by atoms with Crippen molar-refractivity contribution in [3.05, 3.63) is 0 Å². The summed E-state index contributed by atoms with van der Waals surface area (Å²) in [7, 11) is 0. The topological polar surface area (TPSA) is 32.7 Å². The number of aliphatic hydroxyl groups is 1. The zero-order chi connectivity index (χ0) is 11.3. The Morgan fingerprint density at radius 3 is 2.47 bits per heavy atom. The molecule has 1 aliphatic rings. The number of likely N-dealkylation sites (tertiary alicyclic amines) is 1. The van der Waals surface area contributed by atoms with Crippen molar-refractivity contribution in [3.63, 3.8) is 0 Å². The summed E-state index contributed by atoms with van der Waals surface area (Å²) in [6, 6.07) is 0. The second-order valence-corrected chi connectivity index (χ2v) is 4.58. The van der Waals surface area contributed by atoms with E-state index in [4.69, 9.17) is 9.84 Å². The molecule has 0 spiro atoms. The molecule has 0 saturated carbocycles. The quantitative estimate of drug-likeness (QED) is 0.754. The number of alkyl halides is 1. The Morgan fingerprint density at radius 1 is 1.40 bits per heavy atom. The zero-order valence-corrected chi connectivity index (χ0v) is 9.71. The van der Waals surface area contributed by atoms with Gasteiger partial charge in [0.15, 0.2) is 0 Å². The average molecular weight is 219 g/mol. The number of nitrogens with zero attached hydrogens (tertiary/aromatic N) is 1. The highest BCUT2D eigenvalue weighted by Crippen LogP contribution is 2.27. The summed E-state index contributed by atoms with van der Waals surface area (Å²) in [5.41, 5.74) is -1.16. The molecule has 1 heterocycles. The molecular weight excluding hydrogens is 197 g/mol. The Balaban J connectivity index is 2.27. The van der Waals surface area contributed by atoms with Crippen LogP contribution in [-0.2, 0) is 4.74 Å². The lowest BCUT2D eigenvalue weighted by atomic mass is 9.94. The summed E-state index contributed by atoms with van der Waals surface area (Å²) in [4.78, 5) is 2.09. The van der Waals surface area contributed by atoms with Gasteiger partial charge in [-0.05, 0) is 26.7 Å². The molecule has 0 aromatic heterocycles. The highest BCUT2D eigenvalue weighted by molar-refractivity contribution is 4.86. The van der Waals surface area contributed by atoms with Gasteiger partial charge in [0.25, 0.3) is 0 Å². The Labute approximate surface area is 91.2 Å². The van der Waals surface area contributed by atoms with Crippen LogP contribution >= 0.6 is 0 Å². The van der Waals surface area contributed by atoms with E-state index >= 15 is 0 Å². The Morgan fingerprint density at radius 2 is 2.00 bits per heavy atom. The van der Waals surface area contributed by atoms with Crippen LogP contribution < -0.4 is 0 Å². The maximum atomic E-state index is 14.1. The van der Waals surface area contributed by atoms with Crippen LogP contribution in [0.3, 0.4) is 0 Å². The molecule has 0 atom stereocenters. The molecule has 1 rings (SSSR count). The lowest BCUT2D eigenvalue weighted by Gasteiger charge is -2.36. The summed E-state index contributed by atoms with van der Waals surface area (Å²) in [5, 5.41) is 8.76. The minimum absolute atomic E-state index is 0.0908. The van der Waals surface area contributed by atoms with Crippen molar-refractivity contribution >= 4 is 0 Å². The van der Waals surface area contributed by atoms with Gasteiger partial charge in [-0.25, -0.2) is 4.39 Å². The fourth-order valence-corrected chi connectivity index (χ4v) is 1.78. The van der Waals surface area contributed by atoms with E-state index in [0.29, 0.717) is 19.4 Å². The van der Waals surface area contributed by atoms with Crippen LogP contribution in [0.4, 0.5) is 4.39 Å². The van der Waals surface area contributed by atoms with E-state index in [-0.39, 0.29) is 19.3 Å². The average Bonchev–Trinajstić information content (AvgIpc) is 2.20. The third-order valence-electron chi connectivity index (χ3n) is 2.84. The summed E-state index contributed by atoms with van der Waals surface area (Å²) >= 11 is 0. The first kappa shape index (κ1) is 12.9. The van der Waals surface area contributed by atoms with Crippen molar-refractivity contribution in [1.82, 2.24) is 4.90 Å². The molecule has 1 N–H and O–H groups in total. The van der Waals surface area contributed by atoms with Crippen LogP contribution in [0.2, 0.25) is 0 Å². The molecular formula is C11H22FNO2. The van der Waals surface area contributed by atoms with Gasteiger partial charge in [0.05, 0.1) is 19.3 Å². The Bertz CT molecular complexity index is 179. The largest absolute Gasteiger partial charge is 0.395 e. The van der Waals surface area contributed by atoms with E-state index in [1.54, 1.807) is 0 Å². The molecule has 0 amide bonds. The van der Waals surface area contributed by atoms with Crippen molar-refractivity contribution in [2.45, 2.75) is 38.5 Å². The molecule has 1 saturated heterocycles. The fraction of sp³-hybridized carbons (Fsp3) is 1.00. The zero-order valence-electron chi connectivity index (χ0n) is 9.71. The van der Waals surface area contributed by atoms with Crippen molar-refractivity contribution in [1.29, 1.82) is 0 Å². The van der Waals surface area contributed by atoms with E-state index < -0.39 is 5.67 Å². The molecule has 0 unspecified atom stereocenters. The highest BCUT2D eigenvalue weighted by atomic mass is 19.1. The van der Waals surface area contributed by atoms with Gasteiger partial charge in [-0.15, -0.1) is 0 Å². The number of hydrogen-bond acceptors (Lipinski definition) is 3. The predicted octanol–water partition coefficient (Wildman–Crippen LogP) is 1.21. The highest BCUT2D eigenvalue weighted by Gasteiger charge is 2.34. The Kier molecular flexibility index (Phi) is 4.96. The number of halogens is 1. The first-order valence-corrected chi connectivity index (χ1v) is 5.69. The minimum Gasteiger partial charge on any atom is -0.395 e. The molecule has 90 valence electrons. The lowest BCUT2D eigenvalue weighted by molar-refractivity contribution is -0.0461. The number of ether oxygens (including phenoxy) is 1. The van der Waals surface area contributed by atoms with Gasteiger partial charge < -0.3 is 14.7 Å². The molecule has 1 fully saturated rings. The van der Waals surface area contributed by atoms with E-state index in [1.807, 2.05) is 13.8 Å². The summed E-state index contributed by atoms with van der Waals surface area (Å²) in [5.74, 6) is 0.